The first-order valence-electron chi connectivity index (χ1n) is 8.81. The summed E-state index contributed by atoms with van der Waals surface area (Å²) in [6.45, 7) is 7.28. The highest BCUT2D eigenvalue weighted by molar-refractivity contribution is 6.03. The molecule has 1 aliphatic rings. The van der Waals surface area contributed by atoms with Crippen LogP contribution in [0.4, 0.5) is 0 Å². The Kier molecular flexibility index (Phi) is 4.65. The molecule has 0 bridgehead atoms. The van der Waals surface area contributed by atoms with Gasteiger partial charge in [-0.2, -0.15) is 0 Å². The fourth-order valence-electron chi connectivity index (χ4n) is 3.50. The summed E-state index contributed by atoms with van der Waals surface area (Å²) >= 11 is 0. The van der Waals surface area contributed by atoms with Gasteiger partial charge in [0, 0.05) is 17.7 Å². The second-order valence-corrected chi connectivity index (χ2v) is 7.79. The number of aromatic nitrogens is 1. The predicted molar refractivity (Wildman–Crippen MR) is 99.1 cm³/mol. The van der Waals surface area contributed by atoms with E-state index < -0.39 is 11.6 Å². The third-order valence-corrected chi connectivity index (χ3v) is 4.66. The molecule has 1 aliphatic carbocycles. The normalized spacial score (nSPS) is 17.0. The van der Waals surface area contributed by atoms with Gasteiger partial charge in [0.25, 0.3) is 0 Å². The van der Waals surface area contributed by atoms with E-state index in [1.165, 1.54) is 0 Å². The molecule has 0 aliphatic heterocycles. The minimum absolute atomic E-state index is 0.0580. The molecule has 0 spiro atoms. The molecule has 1 aromatic heterocycles. The number of carbonyl (C=O) groups is 2. The van der Waals surface area contributed by atoms with Crippen molar-refractivity contribution in [1.82, 2.24) is 4.98 Å². The van der Waals surface area contributed by atoms with Gasteiger partial charge >= 0.3 is 5.97 Å². The molecule has 26 heavy (non-hydrogen) atoms. The Morgan fingerprint density at radius 2 is 1.96 bits per heavy atom. The van der Waals surface area contributed by atoms with Crippen molar-refractivity contribution < 1.29 is 19.1 Å². The largest absolute Gasteiger partial charge is 0.497 e. The second-order valence-electron chi connectivity index (χ2n) is 7.79. The number of aromatic amines is 1. The summed E-state index contributed by atoms with van der Waals surface area (Å²) in [6.07, 6.45) is 1.10. The summed E-state index contributed by atoms with van der Waals surface area (Å²) in [6, 6.07) is 7.79. The van der Waals surface area contributed by atoms with Gasteiger partial charge in [0.1, 0.15) is 17.0 Å². The van der Waals surface area contributed by atoms with E-state index >= 15 is 0 Å². The zero-order chi connectivity index (χ0) is 19.1. The van der Waals surface area contributed by atoms with Crippen molar-refractivity contribution >= 4 is 11.8 Å². The lowest BCUT2D eigenvalue weighted by atomic mass is 9.81. The van der Waals surface area contributed by atoms with Crippen LogP contribution in [-0.2, 0) is 11.2 Å². The predicted octanol–water partition coefficient (Wildman–Crippen LogP) is 4.20. The van der Waals surface area contributed by atoms with Gasteiger partial charge in [-0.3, -0.25) is 4.79 Å². The van der Waals surface area contributed by atoms with Gasteiger partial charge in [0.05, 0.1) is 7.11 Å². The number of hydrogen-bond acceptors (Lipinski definition) is 4. The average Bonchev–Trinajstić information content (AvgIpc) is 2.91. The molecule has 1 N–H and O–H groups in total. The Morgan fingerprint density at radius 1 is 1.23 bits per heavy atom. The zero-order valence-corrected chi connectivity index (χ0v) is 15.9. The molecule has 0 radical (unpaired) electrons. The number of hydrogen-bond donors (Lipinski definition) is 1. The first-order valence-corrected chi connectivity index (χ1v) is 8.81. The van der Waals surface area contributed by atoms with E-state index in [1.807, 2.05) is 45.0 Å². The number of fused-ring (bicyclic) bond motifs is 1. The van der Waals surface area contributed by atoms with Crippen LogP contribution in [0.5, 0.6) is 5.75 Å². The van der Waals surface area contributed by atoms with E-state index in [0.717, 1.165) is 17.0 Å². The molecular weight excluding hydrogens is 330 g/mol. The summed E-state index contributed by atoms with van der Waals surface area (Å²) < 4.78 is 10.8. The number of methoxy groups -OCH3 is 1. The maximum absolute atomic E-state index is 12.8. The SMILES string of the molecule is COc1cccc([C@H]2CC(=O)c3c([nH]c(C(=O)OC(C)(C)C)c3C)C2)c1. The molecule has 0 saturated heterocycles. The van der Waals surface area contributed by atoms with Crippen LogP contribution in [-0.4, -0.2) is 29.4 Å². The molecule has 0 unspecified atom stereocenters. The molecule has 3 rings (SSSR count). The second kappa shape index (κ2) is 6.63. The van der Waals surface area contributed by atoms with E-state index in [2.05, 4.69) is 4.98 Å². The van der Waals surface area contributed by atoms with Crippen molar-refractivity contribution in [3.8, 4) is 5.75 Å². The summed E-state index contributed by atoms with van der Waals surface area (Å²) in [5, 5.41) is 0. The molecule has 5 nitrogen and oxygen atoms in total. The van der Waals surface area contributed by atoms with Crippen LogP contribution in [0.2, 0.25) is 0 Å². The minimum atomic E-state index is -0.581. The summed E-state index contributed by atoms with van der Waals surface area (Å²) in [4.78, 5) is 28.4. The molecular formula is C21H25NO4. The molecule has 1 heterocycles. The van der Waals surface area contributed by atoms with Gasteiger partial charge in [0.15, 0.2) is 5.78 Å². The average molecular weight is 355 g/mol. The molecule has 2 aromatic rings. The first kappa shape index (κ1) is 18.2. The zero-order valence-electron chi connectivity index (χ0n) is 15.9. The number of esters is 1. The minimum Gasteiger partial charge on any atom is -0.497 e. The fourth-order valence-corrected chi connectivity index (χ4v) is 3.50. The third kappa shape index (κ3) is 3.52. The number of H-pyrrole nitrogens is 1. The summed E-state index contributed by atoms with van der Waals surface area (Å²) in [5.41, 5.74) is 3.00. The number of benzene rings is 1. The molecule has 0 amide bonds. The lowest BCUT2D eigenvalue weighted by Gasteiger charge is -2.22. The maximum atomic E-state index is 12.8. The lowest BCUT2D eigenvalue weighted by Crippen LogP contribution is -2.24. The van der Waals surface area contributed by atoms with Crippen LogP contribution >= 0.6 is 0 Å². The Hall–Kier alpha value is -2.56. The van der Waals surface area contributed by atoms with Crippen molar-refractivity contribution in [1.29, 1.82) is 0 Å². The highest BCUT2D eigenvalue weighted by atomic mass is 16.6. The van der Waals surface area contributed by atoms with Crippen molar-refractivity contribution in [2.75, 3.05) is 7.11 Å². The monoisotopic (exact) mass is 355 g/mol. The van der Waals surface area contributed by atoms with E-state index in [9.17, 15) is 9.59 Å². The molecule has 138 valence electrons. The van der Waals surface area contributed by atoms with Gasteiger partial charge in [-0.05, 0) is 63.3 Å². The number of carbonyl (C=O) groups excluding carboxylic acids is 2. The highest BCUT2D eigenvalue weighted by Gasteiger charge is 2.33. The van der Waals surface area contributed by atoms with E-state index in [4.69, 9.17) is 9.47 Å². The maximum Gasteiger partial charge on any atom is 0.355 e. The van der Waals surface area contributed by atoms with Crippen LogP contribution in [0.25, 0.3) is 0 Å². The van der Waals surface area contributed by atoms with Gasteiger partial charge < -0.3 is 14.5 Å². The van der Waals surface area contributed by atoms with Crippen molar-refractivity contribution in [3.05, 3.63) is 52.3 Å². The van der Waals surface area contributed by atoms with Crippen LogP contribution in [0.1, 0.15) is 70.8 Å². The molecule has 1 atom stereocenters. The Balaban J connectivity index is 1.92. The third-order valence-electron chi connectivity index (χ3n) is 4.66. The van der Waals surface area contributed by atoms with Crippen molar-refractivity contribution in [2.45, 2.75) is 52.1 Å². The standard InChI is InChI=1S/C21H25NO4/c1-12-18-16(22-19(12)20(24)26-21(2,3)4)10-14(11-17(18)23)13-7-6-8-15(9-13)25-5/h6-9,14,22H,10-11H2,1-5H3/t14-/m1/s1. The molecule has 0 saturated carbocycles. The molecule has 5 heteroatoms. The van der Waals surface area contributed by atoms with Gasteiger partial charge in [0.2, 0.25) is 0 Å². The Morgan fingerprint density at radius 3 is 2.62 bits per heavy atom. The van der Waals surface area contributed by atoms with Crippen LogP contribution in [0.3, 0.4) is 0 Å². The van der Waals surface area contributed by atoms with E-state index in [1.54, 1.807) is 14.0 Å². The van der Waals surface area contributed by atoms with Gasteiger partial charge in [-0.25, -0.2) is 4.79 Å². The quantitative estimate of drug-likeness (QED) is 0.838. The Labute approximate surface area is 153 Å². The number of nitrogens with one attached hydrogen (secondary N) is 1. The lowest BCUT2D eigenvalue weighted by molar-refractivity contribution is 0.00625. The van der Waals surface area contributed by atoms with Gasteiger partial charge in [-0.1, -0.05) is 12.1 Å². The fraction of sp³-hybridized carbons (Fsp3) is 0.429. The number of rotatable bonds is 3. The van der Waals surface area contributed by atoms with Crippen molar-refractivity contribution in [2.24, 2.45) is 0 Å². The van der Waals surface area contributed by atoms with E-state index in [0.29, 0.717) is 29.7 Å². The molecule has 0 fully saturated rings. The van der Waals surface area contributed by atoms with Crippen LogP contribution in [0.15, 0.2) is 24.3 Å². The summed E-state index contributed by atoms with van der Waals surface area (Å²) in [7, 11) is 1.63. The molecule has 1 aromatic carbocycles. The number of Topliss-reactive ketones (excluding diaryl/α,β-unsaturated/α-hetero) is 1. The van der Waals surface area contributed by atoms with Crippen LogP contribution < -0.4 is 4.74 Å². The smallest absolute Gasteiger partial charge is 0.355 e. The number of ketones is 1. The van der Waals surface area contributed by atoms with Crippen LogP contribution in [0, 0.1) is 6.92 Å². The number of ether oxygens (including phenoxy) is 2. The Bertz CT molecular complexity index is 857. The van der Waals surface area contributed by atoms with Gasteiger partial charge in [-0.15, -0.1) is 0 Å². The van der Waals surface area contributed by atoms with E-state index in [-0.39, 0.29) is 11.7 Å². The topological polar surface area (TPSA) is 68.4 Å². The highest BCUT2D eigenvalue weighted by Crippen LogP contribution is 2.36. The first-order chi connectivity index (χ1) is 12.2. The summed E-state index contributed by atoms with van der Waals surface area (Å²) in [5.74, 6) is 0.477. The van der Waals surface area contributed by atoms with Crippen molar-refractivity contribution in [3.63, 3.8) is 0 Å².